The minimum Gasteiger partial charge on any atom is -0.395 e. The number of likely N-dealkylation sites (tertiary alicyclic amines) is 1. The number of furan rings is 1. The topological polar surface area (TPSA) is 118 Å². The molecule has 0 bridgehead atoms. The van der Waals surface area contributed by atoms with Gasteiger partial charge in [0.1, 0.15) is 4.92 Å². The van der Waals surface area contributed by atoms with E-state index in [0.717, 1.165) is 25.7 Å². The van der Waals surface area contributed by atoms with Gasteiger partial charge in [-0.25, -0.2) is 4.79 Å². The summed E-state index contributed by atoms with van der Waals surface area (Å²) in [6.45, 7) is 0.948. The Morgan fingerprint density at radius 2 is 1.65 bits per heavy atom. The Kier molecular flexibility index (Phi) is 5.75. The van der Waals surface area contributed by atoms with E-state index in [1.807, 2.05) is 0 Å². The highest BCUT2D eigenvalue weighted by Crippen LogP contribution is 2.20. The number of nitrogens with zero attached hydrogens (tertiary/aromatic N) is 2. The minimum absolute atomic E-state index is 0.0218. The van der Waals surface area contributed by atoms with E-state index in [4.69, 9.17) is 4.42 Å². The molecule has 0 radical (unpaired) electrons. The molecule has 26 heavy (non-hydrogen) atoms. The molecule has 1 aromatic rings. The molecule has 1 aromatic heterocycles. The molecule has 2 fully saturated rings. The Hall–Kier alpha value is -2.58. The van der Waals surface area contributed by atoms with Crippen LogP contribution in [0.4, 0.5) is 10.7 Å². The van der Waals surface area contributed by atoms with Crippen LogP contribution in [0.3, 0.4) is 0 Å². The van der Waals surface area contributed by atoms with Crippen molar-refractivity contribution < 1.29 is 18.9 Å². The van der Waals surface area contributed by atoms with Gasteiger partial charge in [-0.05, 0) is 31.7 Å². The first-order chi connectivity index (χ1) is 12.5. The number of urea groups is 1. The lowest BCUT2D eigenvalue weighted by Gasteiger charge is -2.32. The van der Waals surface area contributed by atoms with Crippen LogP contribution in [0.25, 0.3) is 0 Å². The zero-order valence-electron chi connectivity index (χ0n) is 14.6. The molecule has 9 nitrogen and oxygen atoms in total. The molecule has 9 heteroatoms. The smallest absolute Gasteiger partial charge is 0.395 e. The monoisotopic (exact) mass is 364 g/mol. The largest absolute Gasteiger partial charge is 0.433 e. The van der Waals surface area contributed by atoms with Crippen LogP contribution in [-0.2, 0) is 0 Å². The molecule has 2 N–H and O–H groups in total. The average molecular weight is 364 g/mol. The lowest BCUT2D eigenvalue weighted by atomic mass is 9.96. The number of nitrogens with one attached hydrogen (secondary N) is 2. The highest BCUT2D eigenvalue weighted by molar-refractivity contribution is 5.91. The van der Waals surface area contributed by atoms with Crippen molar-refractivity contribution in [3.05, 3.63) is 28.0 Å². The standard InChI is InChI=1S/C17H24N4O5/c22-16(14-6-7-15(26-14)21(24)25)20-10-8-13(9-11-20)19-17(23)18-12-4-2-1-3-5-12/h6-7,12-13H,1-5,8-11H2,(H2,18,19,23). The quantitative estimate of drug-likeness (QED) is 0.628. The Morgan fingerprint density at radius 3 is 2.23 bits per heavy atom. The average Bonchev–Trinajstić information content (AvgIpc) is 3.13. The van der Waals surface area contributed by atoms with E-state index in [2.05, 4.69) is 10.6 Å². The summed E-state index contributed by atoms with van der Waals surface area (Å²) in [5.41, 5.74) is 0. The number of piperidine rings is 1. The van der Waals surface area contributed by atoms with Crippen LogP contribution >= 0.6 is 0 Å². The minimum atomic E-state index is -0.669. The van der Waals surface area contributed by atoms with Crippen LogP contribution in [0.1, 0.15) is 55.5 Å². The van der Waals surface area contributed by atoms with E-state index >= 15 is 0 Å². The lowest BCUT2D eigenvalue weighted by Crippen LogP contribution is -2.51. The van der Waals surface area contributed by atoms with Gasteiger partial charge < -0.3 is 20.0 Å². The first-order valence-electron chi connectivity index (χ1n) is 9.13. The van der Waals surface area contributed by atoms with Gasteiger partial charge in [-0.2, -0.15) is 0 Å². The molecule has 3 rings (SSSR count). The zero-order chi connectivity index (χ0) is 18.5. The molecule has 142 valence electrons. The van der Waals surface area contributed by atoms with Gasteiger partial charge in [0.2, 0.25) is 0 Å². The number of carbonyl (C=O) groups excluding carboxylic acids is 2. The fourth-order valence-electron chi connectivity index (χ4n) is 3.58. The molecule has 1 saturated heterocycles. The van der Waals surface area contributed by atoms with E-state index in [9.17, 15) is 19.7 Å². The van der Waals surface area contributed by atoms with Crippen molar-refractivity contribution in [2.45, 2.75) is 57.0 Å². The molecular formula is C17H24N4O5. The molecule has 0 aromatic carbocycles. The van der Waals surface area contributed by atoms with Crippen molar-refractivity contribution >= 4 is 17.8 Å². The third-order valence-corrected chi connectivity index (χ3v) is 5.04. The summed E-state index contributed by atoms with van der Waals surface area (Å²) >= 11 is 0. The molecule has 3 amide bonds. The van der Waals surface area contributed by atoms with Gasteiger partial charge in [-0.3, -0.25) is 14.9 Å². The van der Waals surface area contributed by atoms with E-state index < -0.39 is 10.8 Å². The van der Waals surface area contributed by atoms with Crippen LogP contribution in [0.2, 0.25) is 0 Å². The molecule has 0 atom stereocenters. The van der Waals surface area contributed by atoms with Crippen LogP contribution in [0.15, 0.2) is 16.5 Å². The molecule has 1 aliphatic heterocycles. The first-order valence-corrected chi connectivity index (χ1v) is 9.13. The van der Waals surface area contributed by atoms with Crippen molar-refractivity contribution in [3.8, 4) is 0 Å². The Labute approximate surface area is 151 Å². The second-order valence-electron chi connectivity index (χ2n) is 6.91. The van der Waals surface area contributed by atoms with Gasteiger partial charge in [0.15, 0.2) is 5.76 Å². The Morgan fingerprint density at radius 1 is 1.04 bits per heavy atom. The van der Waals surface area contributed by atoms with Crippen molar-refractivity contribution in [3.63, 3.8) is 0 Å². The molecular weight excluding hydrogens is 340 g/mol. The summed E-state index contributed by atoms with van der Waals surface area (Å²) in [5, 5.41) is 16.7. The van der Waals surface area contributed by atoms with Crippen molar-refractivity contribution in [2.75, 3.05) is 13.1 Å². The summed E-state index contributed by atoms with van der Waals surface area (Å²) in [6, 6.07) is 2.65. The van der Waals surface area contributed by atoms with Crippen molar-refractivity contribution in [2.24, 2.45) is 0 Å². The van der Waals surface area contributed by atoms with Gasteiger partial charge in [-0.1, -0.05) is 19.3 Å². The molecule has 1 aliphatic carbocycles. The second kappa shape index (κ2) is 8.20. The third-order valence-electron chi connectivity index (χ3n) is 5.04. The molecule has 0 spiro atoms. The number of hydrogen-bond acceptors (Lipinski definition) is 5. The summed E-state index contributed by atoms with van der Waals surface area (Å²) in [7, 11) is 0. The number of carbonyl (C=O) groups is 2. The maximum Gasteiger partial charge on any atom is 0.433 e. The molecule has 2 heterocycles. The van der Waals surface area contributed by atoms with Gasteiger partial charge in [0, 0.05) is 25.2 Å². The predicted octanol–water partition coefficient (Wildman–Crippen LogP) is 2.42. The van der Waals surface area contributed by atoms with Crippen LogP contribution < -0.4 is 10.6 Å². The highest BCUT2D eigenvalue weighted by atomic mass is 16.6. The Bertz CT molecular complexity index is 660. The zero-order valence-corrected chi connectivity index (χ0v) is 14.6. The number of amides is 3. The number of nitro groups is 1. The summed E-state index contributed by atoms with van der Waals surface area (Å²) in [6.07, 6.45) is 6.93. The van der Waals surface area contributed by atoms with Gasteiger partial charge in [0.05, 0.1) is 6.07 Å². The number of hydrogen-bond donors (Lipinski definition) is 2. The normalized spacial score (nSPS) is 19.2. The maximum absolute atomic E-state index is 12.3. The van der Waals surface area contributed by atoms with Crippen LogP contribution in [-0.4, -0.2) is 46.9 Å². The van der Waals surface area contributed by atoms with Crippen LogP contribution in [0, 0.1) is 10.1 Å². The van der Waals surface area contributed by atoms with Crippen molar-refractivity contribution in [1.82, 2.24) is 15.5 Å². The van der Waals surface area contributed by atoms with Crippen molar-refractivity contribution in [1.29, 1.82) is 0 Å². The number of rotatable bonds is 4. The summed E-state index contributed by atoms with van der Waals surface area (Å²) < 4.78 is 4.97. The third kappa shape index (κ3) is 4.53. The van der Waals surface area contributed by atoms with E-state index in [1.165, 1.54) is 18.6 Å². The first kappa shape index (κ1) is 18.2. The molecule has 2 aliphatic rings. The fourth-order valence-corrected chi connectivity index (χ4v) is 3.58. The van der Waals surface area contributed by atoms with Gasteiger partial charge in [-0.15, -0.1) is 0 Å². The summed E-state index contributed by atoms with van der Waals surface area (Å²) in [5.74, 6) is -0.828. The second-order valence-corrected chi connectivity index (χ2v) is 6.91. The van der Waals surface area contributed by atoms with E-state index in [1.54, 1.807) is 4.90 Å². The predicted molar refractivity (Wildman–Crippen MR) is 92.8 cm³/mol. The lowest BCUT2D eigenvalue weighted by molar-refractivity contribution is -0.402. The molecule has 0 unspecified atom stereocenters. The fraction of sp³-hybridized carbons (Fsp3) is 0.647. The SMILES string of the molecule is O=C(NC1CCCCC1)NC1CCN(C(=O)c2ccc([N+](=O)[O-])o2)CC1. The Balaban J connectivity index is 1.43. The van der Waals surface area contributed by atoms with E-state index in [0.29, 0.717) is 25.9 Å². The van der Waals surface area contributed by atoms with E-state index in [-0.39, 0.29) is 29.8 Å². The maximum atomic E-state index is 12.3. The van der Waals surface area contributed by atoms with Gasteiger partial charge in [0.25, 0.3) is 5.91 Å². The molecule has 1 saturated carbocycles. The van der Waals surface area contributed by atoms with Gasteiger partial charge >= 0.3 is 11.9 Å². The summed E-state index contributed by atoms with van der Waals surface area (Å²) in [4.78, 5) is 36.0. The van der Waals surface area contributed by atoms with Crippen LogP contribution in [0.5, 0.6) is 0 Å². The highest BCUT2D eigenvalue weighted by Gasteiger charge is 2.28.